The summed E-state index contributed by atoms with van der Waals surface area (Å²) in [6.45, 7) is 0.152. The molecule has 116 valence electrons. The maximum absolute atomic E-state index is 12.1. The van der Waals surface area contributed by atoms with Gasteiger partial charge in [-0.25, -0.2) is 9.78 Å². The first-order valence-corrected chi connectivity index (χ1v) is 7.95. The van der Waals surface area contributed by atoms with E-state index < -0.39 is 5.97 Å². The second-order valence-electron chi connectivity index (χ2n) is 4.82. The van der Waals surface area contributed by atoms with Crippen molar-refractivity contribution >= 4 is 17.3 Å². The van der Waals surface area contributed by atoms with E-state index in [9.17, 15) is 4.79 Å². The van der Waals surface area contributed by atoms with E-state index in [1.165, 1.54) is 11.3 Å². The second kappa shape index (κ2) is 7.07. The summed E-state index contributed by atoms with van der Waals surface area (Å²) in [5.41, 5.74) is 2.26. The number of carbonyl (C=O) groups excluding carboxylic acids is 1. The number of benzene rings is 2. The molecule has 0 aliphatic carbocycles. The lowest BCUT2D eigenvalue weighted by Gasteiger charge is -2.04. The van der Waals surface area contributed by atoms with Gasteiger partial charge in [0.1, 0.15) is 17.4 Å². The number of carbonyl (C=O) groups is 1. The molecular weight excluding hydrogens is 310 g/mol. The van der Waals surface area contributed by atoms with Crippen LogP contribution in [0.3, 0.4) is 0 Å². The van der Waals surface area contributed by atoms with Gasteiger partial charge in [0.25, 0.3) is 0 Å². The minimum atomic E-state index is -0.391. The third kappa shape index (κ3) is 3.76. The molecule has 0 radical (unpaired) electrons. The van der Waals surface area contributed by atoms with Crippen LogP contribution in [0.15, 0.2) is 60.0 Å². The van der Waals surface area contributed by atoms with Gasteiger partial charge in [0.2, 0.25) is 0 Å². The molecule has 0 saturated carbocycles. The van der Waals surface area contributed by atoms with Crippen molar-refractivity contribution in [1.29, 1.82) is 0 Å². The van der Waals surface area contributed by atoms with Crippen molar-refractivity contribution in [3.63, 3.8) is 0 Å². The van der Waals surface area contributed by atoms with Gasteiger partial charge in [0.05, 0.1) is 18.4 Å². The summed E-state index contributed by atoms with van der Waals surface area (Å²) in [6, 6.07) is 16.8. The Kier molecular flexibility index (Phi) is 4.68. The summed E-state index contributed by atoms with van der Waals surface area (Å²) in [4.78, 5) is 16.6. The van der Waals surface area contributed by atoms with E-state index in [0.717, 1.165) is 16.3 Å². The van der Waals surface area contributed by atoms with Gasteiger partial charge in [-0.2, -0.15) is 0 Å². The van der Waals surface area contributed by atoms with Crippen LogP contribution in [0.2, 0.25) is 0 Å². The van der Waals surface area contributed by atoms with Gasteiger partial charge in [-0.15, -0.1) is 11.3 Å². The maximum atomic E-state index is 12.1. The summed E-state index contributed by atoms with van der Waals surface area (Å²) in [5.74, 6) is 0.234. The normalized spacial score (nSPS) is 10.3. The van der Waals surface area contributed by atoms with E-state index in [-0.39, 0.29) is 6.61 Å². The largest absolute Gasteiger partial charge is 0.497 e. The summed E-state index contributed by atoms with van der Waals surface area (Å²) in [7, 11) is 1.56. The van der Waals surface area contributed by atoms with E-state index in [1.54, 1.807) is 31.4 Å². The molecule has 0 bridgehead atoms. The highest BCUT2D eigenvalue weighted by Crippen LogP contribution is 2.23. The van der Waals surface area contributed by atoms with Crippen LogP contribution in [-0.4, -0.2) is 18.1 Å². The number of rotatable bonds is 5. The maximum Gasteiger partial charge on any atom is 0.338 e. The Hall–Kier alpha value is -2.66. The Bertz CT molecular complexity index is 799. The molecule has 3 rings (SSSR count). The fourth-order valence-electron chi connectivity index (χ4n) is 2.06. The van der Waals surface area contributed by atoms with Gasteiger partial charge < -0.3 is 9.47 Å². The smallest absolute Gasteiger partial charge is 0.338 e. The molecule has 0 spiro atoms. The van der Waals surface area contributed by atoms with E-state index in [2.05, 4.69) is 4.98 Å². The molecule has 0 amide bonds. The lowest BCUT2D eigenvalue weighted by molar-refractivity contribution is 0.0468. The molecule has 1 heterocycles. The summed E-state index contributed by atoms with van der Waals surface area (Å²) in [5, 5.41) is 2.82. The van der Waals surface area contributed by atoms with Crippen molar-refractivity contribution in [2.24, 2.45) is 0 Å². The molecule has 3 aromatic rings. The highest BCUT2D eigenvalue weighted by molar-refractivity contribution is 7.13. The van der Waals surface area contributed by atoms with Crippen LogP contribution < -0.4 is 4.74 Å². The van der Waals surface area contributed by atoms with Crippen LogP contribution in [0.4, 0.5) is 0 Å². The van der Waals surface area contributed by atoms with E-state index >= 15 is 0 Å². The standard InChI is InChI=1S/C18H15NO3S/c1-21-16-9-5-8-14(10-16)18(20)22-11-15-12-23-17(19-15)13-6-3-2-4-7-13/h2-10,12H,11H2,1H3. The molecule has 0 aliphatic heterocycles. The van der Waals surface area contributed by atoms with Crippen LogP contribution in [-0.2, 0) is 11.3 Å². The Morgan fingerprint density at radius 1 is 1.13 bits per heavy atom. The number of hydrogen-bond donors (Lipinski definition) is 0. The first kappa shape index (κ1) is 15.2. The Balaban J connectivity index is 1.64. The lowest BCUT2D eigenvalue weighted by atomic mass is 10.2. The zero-order valence-electron chi connectivity index (χ0n) is 12.6. The lowest BCUT2D eigenvalue weighted by Crippen LogP contribution is -2.05. The molecule has 1 aromatic heterocycles. The molecule has 5 heteroatoms. The van der Waals surface area contributed by atoms with Crippen molar-refractivity contribution in [2.75, 3.05) is 7.11 Å². The Morgan fingerprint density at radius 2 is 1.96 bits per heavy atom. The average molecular weight is 325 g/mol. The average Bonchev–Trinajstić information content (AvgIpc) is 3.09. The molecule has 0 N–H and O–H groups in total. The van der Waals surface area contributed by atoms with Crippen LogP contribution in [0.1, 0.15) is 16.1 Å². The first-order valence-electron chi connectivity index (χ1n) is 7.07. The molecule has 0 unspecified atom stereocenters. The van der Waals surface area contributed by atoms with Gasteiger partial charge in [0, 0.05) is 10.9 Å². The highest BCUT2D eigenvalue weighted by Gasteiger charge is 2.10. The van der Waals surface area contributed by atoms with Crippen molar-refractivity contribution in [3.8, 4) is 16.3 Å². The number of aromatic nitrogens is 1. The monoisotopic (exact) mass is 325 g/mol. The summed E-state index contributed by atoms with van der Waals surface area (Å²) in [6.07, 6.45) is 0. The van der Waals surface area contributed by atoms with Crippen LogP contribution in [0.5, 0.6) is 5.75 Å². The van der Waals surface area contributed by atoms with Crippen LogP contribution >= 0.6 is 11.3 Å². The topological polar surface area (TPSA) is 48.4 Å². The second-order valence-corrected chi connectivity index (χ2v) is 5.68. The third-order valence-corrected chi connectivity index (χ3v) is 4.17. The molecule has 0 fully saturated rings. The predicted octanol–water partition coefficient (Wildman–Crippen LogP) is 4.18. The third-order valence-electron chi connectivity index (χ3n) is 3.23. The summed E-state index contributed by atoms with van der Waals surface area (Å²) < 4.78 is 10.4. The molecule has 4 nitrogen and oxygen atoms in total. The predicted molar refractivity (Wildman–Crippen MR) is 89.7 cm³/mol. The van der Waals surface area contributed by atoms with E-state index in [0.29, 0.717) is 11.3 Å². The van der Waals surface area contributed by atoms with Crippen molar-refractivity contribution in [1.82, 2.24) is 4.98 Å². The van der Waals surface area contributed by atoms with Crippen molar-refractivity contribution in [2.45, 2.75) is 6.61 Å². The van der Waals surface area contributed by atoms with Crippen LogP contribution in [0, 0.1) is 0 Å². The van der Waals surface area contributed by atoms with Gasteiger partial charge in [-0.1, -0.05) is 36.4 Å². The SMILES string of the molecule is COc1cccc(C(=O)OCc2csc(-c3ccccc3)n2)c1. The zero-order chi connectivity index (χ0) is 16.1. The first-order chi connectivity index (χ1) is 11.3. The highest BCUT2D eigenvalue weighted by atomic mass is 32.1. The molecule has 0 saturated heterocycles. The van der Waals surface area contributed by atoms with Gasteiger partial charge in [0.15, 0.2) is 0 Å². The van der Waals surface area contributed by atoms with Crippen molar-refractivity contribution in [3.05, 3.63) is 71.2 Å². The van der Waals surface area contributed by atoms with Gasteiger partial charge in [-0.3, -0.25) is 0 Å². The fourth-order valence-corrected chi connectivity index (χ4v) is 2.87. The minimum absolute atomic E-state index is 0.152. The number of hydrogen-bond acceptors (Lipinski definition) is 5. The summed E-state index contributed by atoms with van der Waals surface area (Å²) >= 11 is 1.53. The van der Waals surface area contributed by atoms with Crippen LogP contribution in [0.25, 0.3) is 10.6 Å². The van der Waals surface area contributed by atoms with E-state index in [1.807, 2.05) is 35.7 Å². The quantitative estimate of drug-likeness (QED) is 0.660. The number of methoxy groups -OCH3 is 1. The fraction of sp³-hybridized carbons (Fsp3) is 0.111. The molecule has 23 heavy (non-hydrogen) atoms. The zero-order valence-corrected chi connectivity index (χ0v) is 13.4. The Labute approximate surface area is 138 Å². The van der Waals surface area contributed by atoms with Gasteiger partial charge in [-0.05, 0) is 18.2 Å². The Morgan fingerprint density at radius 3 is 2.74 bits per heavy atom. The molecule has 0 atom stereocenters. The van der Waals surface area contributed by atoms with Crippen molar-refractivity contribution < 1.29 is 14.3 Å². The number of ether oxygens (including phenoxy) is 2. The van der Waals surface area contributed by atoms with E-state index in [4.69, 9.17) is 9.47 Å². The minimum Gasteiger partial charge on any atom is -0.497 e. The number of nitrogens with zero attached hydrogens (tertiary/aromatic N) is 1. The van der Waals surface area contributed by atoms with Gasteiger partial charge >= 0.3 is 5.97 Å². The molecular formula is C18H15NO3S. The molecule has 0 aliphatic rings. The molecule has 2 aromatic carbocycles. The number of thiazole rings is 1. The number of esters is 1.